The van der Waals surface area contributed by atoms with E-state index in [0.29, 0.717) is 6.61 Å². The minimum absolute atomic E-state index is 0.0865. The lowest BCUT2D eigenvalue weighted by atomic mass is 10.1. The summed E-state index contributed by atoms with van der Waals surface area (Å²) in [5.41, 5.74) is 0. The van der Waals surface area contributed by atoms with Crippen LogP contribution >= 0.6 is 11.8 Å². The highest BCUT2D eigenvalue weighted by molar-refractivity contribution is 8.15. The first-order chi connectivity index (χ1) is 6.12. The van der Waals surface area contributed by atoms with E-state index in [1.807, 2.05) is 6.92 Å². The Balaban J connectivity index is 2.73. The molecule has 0 fully saturated rings. The van der Waals surface area contributed by atoms with E-state index >= 15 is 0 Å². The summed E-state index contributed by atoms with van der Waals surface area (Å²) in [6.07, 6.45) is 4.16. The highest BCUT2D eigenvalue weighted by Crippen LogP contribution is 2.42. The van der Waals surface area contributed by atoms with E-state index in [9.17, 15) is 4.79 Å². The van der Waals surface area contributed by atoms with E-state index in [2.05, 4.69) is 13.5 Å². The van der Waals surface area contributed by atoms with Crippen molar-refractivity contribution in [1.29, 1.82) is 0 Å². The second-order valence-corrected chi connectivity index (χ2v) is 4.62. The molecule has 0 aromatic carbocycles. The molecule has 1 rings (SSSR count). The Hall–Kier alpha value is -0.700. The maximum atomic E-state index is 11.2. The van der Waals surface area contributed by atoms with Crippen LogP contribution in [0.5, 0.6) is 0 Å². The number of hydrogen-bond acceptors (Lipinski definition) is 3. The van der Waals surface area contributed by atoms with Gasteiger partial charge in [-0.3, -0.25) is 4.79 Å². The molecule has 0 saturated heterocycles. The van der Waals surface area contributed by atoms with Crippen LogP contribution in [-0.2, 0) is 9.53 Å². The van der Waals surface area contributed by atoms with Crippen molar-refractivity contribution in [3.05, 3.63) is 24.5 Å². The normalized spacial score (nSPS) is 27.2. The Labute approximate surface area is 83.0 Å². The first-order valence-corrected chi connectivity index (χ1v) is 5.13. The summed E-state index contributed by atoms with van der Waals surface area (Å²) < 4.78 is 5.26. The smallest absolute Gasteiger partial charge is 0.216 e. The van der Waals surface area contributed by atoms with Crippen LogP contribution in [0.15, 0.2) is 24.5 Å². The molecule has 0 aromatic heterocycles. The monoisotopic (exact) mass is 198 g/mol. The molecular weight excluding hydrogens is 184 g/mol. The minimum Gasteiger partial charge on any atom is -0.492 e. The summed E-state index contributed by atoms with van der Waals surface area (Å²) in [5.74, 6) is 0.782. The maximum Gasteiger partial charge on any atom is 0.216 e. The highest BCUT2D eigenvalue weighted by atomic mass is 32.2. The van der Waals surface area contributed by atoms with Crippen LogP contribution in [0, 0.1) is 0 Å². The predicted molar refractivity (Wildman–Crippen MR) is 55.5 cm³/mol. The van der Waals surface area contributed by atoms with Crippen LogP contribution in [0.4, 0.5) is 0 Å². The van der Waals surface area contributed by atoms with Crippen LogP contribution in [-0.4, -0.2) is 16.5 Å². The Kier molecular flexibility index (Phi) is 3.20. The van der Waals surface area contributed by atoms with E-state index in [-0.39, 0.29) is 9.86 Å². The Morgan fingerprint density at radius 2 is 2.46 bits per heavy atom. The van der Waals surface area contributed by atoms with Crippen molar-refractivity contribution in [1.82, 2.24) is 0 Å². The Morgan fingerprint density at radius 3 is 3.00 bits per heavy atom. The topological polar surface area (TPSA) is 26.3 Å². The molecule has 0 bridgehead atoms. The van der Waals surface area contributed by atoms with Gasteiger partial charge < -0.3 is 4.74 Å². The number of carbonyl (C=O) groups excluding carboxylic acids is 1. The molecule has 1 heterocycles. The number of hydrogen-bond donors (Lipinski definition) is 0. The molecule has 0 N–H and O–H groups in total. The molecule has 0 aromatic rings. The van der Waals surface area contributed by atoms with Gasteiger partial charge in [0.1, 0.15) is 12.4 Å². The fraction of sp³-hybridized carbons (Fsp3) is 0.500. The third-order valence-electron chi connectivity index (χ3n) is 2.13. The maximum absolute atomic E-state index is 11.2. The summed E-state index contributed by atoms with van der Waals surface area (Å²) in [4.78, 5) is 11.2. The van der Waals surface area contributed by atoms with Crippen LogP contribution < -0.4 is 0 Å². The summed E-state index contributed by atoms with van der Waals surface area (Å²) in [6, 6.07) is 0. The first-order valence-electron chi connectivity index (χ1n) is 4.31. The molecule has 0 unspecified atom stereocenters. The standard InChI is InChI=1S/C10H14O2S/c1-4-6-12-8-7-9(11)13-10(8,3)5-2/h4,7H,1,5-6H2,2-3H3/t10-/m1/s1. The SMILES string of the molecule is C=CCOC1=CC(=O)S[C@]1(C)CC. The van der Waals surface area contributed by atoms with Crippen molar-refractivity contribution in [2.45, 2.75) is 25.0 Å². The molecule has 1 aliphatic rings. The predicted octanol–water partition coefficient (Wildman–Crippen LogP) is 2.52. The lowest BCUT2D eigenvalue weighted by Gasteiger charge is -2.23. The van der Waals surface area contributed by atoms with Gasteiger partial charge in [-0.25, -0.2) is 0 Å². The van der Waals surface area contributed by atoms with Crippen molar-refractivity contribution < 1.29 is 9.53 Å². The summed E-state index contributed by atoms with van der Waals surface area (Å²) in [5, 5.41) is 0.0865. The van der Waals surface area contributed by atoms with E-state index in [1.54, 1.807) is 12.2 Å². The van der Waals surface area contributed by atoms with E-state index in [0.717, 1.165) is 12.2 Å². The molecular formula is C10H14O2S. The Bertz CT molecular complexity index is 258. The summed E-state index contributed by atoms with van der Waals surface area (Å²) in [7, 11) is 0. The van der Waals surface area contributed by atoms with E-state index in [4.69, 9.17) is 4.74 Å². The van der Waals surface area contributed by atoms with Gasteiger partial charge in [0.2, 0.25) is 5.12 Å². The quantitative estimate of drug-likeness (QED) is 0.649. The van der Waals surface area contributed by atoms with Crippen LogP contribution in [0.3, 0.4) is 0 Å². The van der Waals surface area contributed by atoms with Crippen molar-refractivity contribution in [3.63, 3.8) is 0 Å². The number of ether oxygens (including phenoxy) is 1. The third kappa shape index (κ3) is 2.15. The molecule has 0 radical (unpaired) electrons. The first kappa shape index (κ1) is 10.4. The minimum atomic E-state index is -0.167. The number of thioether (sulfide) groups is 1. The van der Waals surface area contributed by atoms with Gasteiger partial charge in [0.15, 0.2) is 0 Å². The average Bonchev–Trinajstić information content (AvgIpc) is 2.39. The van der Waals surface area contributed by atoms with Crippen molar-refractivity contribution in [2.24, 2.45) is 0 Å². The zero-order chi connectivity index (χ0) is 9.90. The number of rotatable bonds is 4. The lowest BCUT2D eigenvalue weighted by molar-refractivity contribution is -0.107. The molecule has 72 valence electrons. The second kappa shape index (κ2) is 4.01. The van der Waals surface area contributed by atoms with Gasteiger partial charge in [-0.05, 0) is 13.3 Å². The highest BCUT2D eigenvalue weighted by Gasteiger charge is 2.37. The molecule has 1 atom stereocenters. The van der Waals surface area contributed by atoms with E-state index in [1.165, 1.54) is 11.8 Å². The molecule has 0 saturated carbocycles. The molecule has 0 spiro atoms. The van der Waals surface area contributed by atoms with Crippen molar-refractivity contribution >= 4 is 16.9 Å². The summed E-state index contributed by atoms with van der Waals surface area (Å²) >= 11 is 1.34. The van der Waals surface area contributed by atoms with E-state index < -0.39 is 0 Å². The van der Waals surface area contributed by atoms with Gasteiger partial charge in [0, 0.05) is 6.08 Å². The van der Waals surface area contributed by atoms with Crippen LogP contribution in [0.1, 0.15) is 20.3 Å². The van der Waals surface area contributed by atoms with Gasteiger partial charge >= 0.3 is 0 Å². The van der Waals surface area contributed by atoms with Gasteiger partial charge in [-0.1, -0.05) is 31.3 Å². The van der Waals surface area contributed by atoms with Gasteiger partial charge in [0.05, 0.1) is 4.75 Å². The molecule has 13 heavy (non-hydrogen) atoms. The van der Waals surface area contributed by atoms with Crippen LogP contribution in [0.2, 0.25) is 0 Å². The summed E-state index contributed by atoms with van der Waals surface area (Å²) in [6.45, 7) is 8.12. The number of carbonyl (C=O) groups is 1. The fourth-order valence-corrected chi connectivity index (χ4v) is 2.12. The molecule has 1 aliphatic heterocycles. The molecule has 0 aliphatic carbocycles. The van der Waals surface area contributed by atoms with Gasteiger partial charge in [-0.15, -0.1) is 0 Å². The average molecular weight is 198 g/mol. The van der Waals surface area contributed by atoms with Crippen molar-refractivity contribution in [3.8, 4) is 0 Å². The van der Waals surface area contributed by atoms with Crippen molar-refractivity contribution in [2.75, 3.05) is 6.61 Å². The van der Waals surface area contributed by atoms with Gasteiger partial charge in [-0.2, -0.15) is 0 Å². The van der Waals surface area contributed by atoms with Gasteiger partial charge in [0.25, 0.3) is 0 Å². The Morgan fingerprint density at radius 1 is 1.77 bits per heavy atom. The fourth-order valence-electron chi connectivity index (χ4n) is 1.15. The van der Waals surface area contributed by atoms with Crippen LogP contribution in [0.25, 0.3) is 0 Å². The molecule has 2 nitrogen and oxygen atoms in total. The zero-order valence-electron chi connectivity index (χ0n) is 8.00. The zero-order valence-corrected chi connectivity index (χ0v) is 8.82. The molecule has 0 amide bonds. The largest absolute Gasteiger partial charge is 0.492 e. The third-order valence-corrected chi connectivity index (χ3v) is 3.39. The lowest BCUT2D eigenvalue weighted by Crippen LogP contribution is -2.20. The molecule has 3 heteroatoms. The second-order valence-electron chi connectivity index (χ2n) is 3.11.